The first-order chi connectivity index (χ1) is 10.0. The van der Waals surface area contributed by atoms with E-state index in [0.29, 0.717) is 26.1 Å². The molecule has 116 valence electrons. The lowest BCUT2D eigenvalue weighted by Crippen LogP contribution is -2.49. The van der Waals surface area contributed by atoms with Crippen LogP contribution < -0.4 is 10.6 Å². The minimum atomic E-state index is -0.915. The second-order valence-corrected chi connectivity index (χ2v) is 6.08. The summed E-state index contributed by atoms with van der Waals surface area (Å²) < 4.78 is 5.20. The van der Waals surface area contributed by atoms with Gasteiger partial charge in [0, 0.05) is 19.8 Å². The van der Waals surface area contributed by atoms with Crippen molar-refractivity contribution in [2.45, 2.75) is 25.8 Å². The van der Waals surface area contributed by atoms with E-state index in [1.165, 1.54) is 0 Å². The van der Waals surface area contributed by atoms with Gasteiger partial charge in [-0.25, -0.2) is 4.79 Å². The van der Waals surface area contributed by atoms with E-state index in [9.17, 15) is 14.7 Å². The van der Waals surface area contributed by atoms with Gasteiger partial charge in [-0.3, -0.25) is 4.79 Å². The van der Waals surface area contributed by atoms with E-state index in [4.69, 9.17) is 4.74 Å². The molecule has 1 unspecified atom stereocenters. The van der Waals surface area contributed by atoms with Crippen LogP contribution in [0.5, 0.6) is 0 Å². The van der Waals surface area contributed by atoms with E-state index in [-0.39, 0.29) is 18.6 Å². The first-order valence-corrected chi connectivity index (χ1v) is 7.85. The van der Waals surface area contributed by atoms with Gasteiger partial charge >= 0.3 is 12.0 Å². The molecule has 0 aliphatic carbocycles. The molecule has 0 spiro atoms. The number of urea groups is 1. The van der Waals surface area contributed by atoms with Crippen molar-refractivity contribution in [2.75, 3.05) is 19.8 Å². The molecule has 3 N–H and O–H groups in total. The molecule has 0 bridgehead atoms. The van der Waals surface area contributed by atoms with Crippen LogP contribution in [-0.4, -0.2) is 36.9 Å². The molecule has 1 aliphatic heterocycles. The Hall–Kier alpha value is -1.60. The number of hydrogen-bond acceptors (Lipinski definition) is 4. The van der Waals surface area contributed by atoms with Crippen LogP contribution in [0.15, 0.2) is 16.8 Å². The lowest BCUT2D eigenvalue weighted by molar-refractivity contribution is -0.154. The summed E-state index contributed by atoms with van der Waals surface area (Å²) in [7, 11) is 0. The Labute approximate surface area is 127 Å². The van der Waals surface area contributed by atoms with Crippen LogP contribution in [-0.2, 0) is 9.53 Å². The van der Waals surface area contributed by atoms with E-state index in [2.05, 4.69) is 10.6 Å². The topological polar surface area (TPSA) is 87.7 Å². The lowest BCUT2D eigenvalue weighted by Gasteiger charge is -2.33. The minimum Gasteiger partial charge on any atom is -0.481 e. The number of carbonyl (C=O) groups is 2. The molecule has 2 heterocycles. The molecule has 1 aromatic heterocycles. The Morgan fingerprint density at radius 3 is 2.76 bits per heavy atom. The SMILES string of the molecule is CC(NC(=O)NCC1(C(=O)O)CCOCC1)c1ccsc1. The first-order valence-electron chi connectivity index (χ1n) is 6.91. The summed E-state index contributed by atoms with van der Waals surface area (Å²) in [6.07, 6.45) is 0.839. The van der Waals surface area contributed by atoms with Crippen molar-refractivity contribution in [3.63, 3.8) is 0 Å². The third-order valence-electron chi connectivity index (χ3n) is 3.88. The van der Waals surface area contributed by atoms with Crippen LogP contribution in [0.1, 0.15) is 31.4 Å². The Morgan fingerprint density at radius 1 is 1.48 bits per heavy atom. The van der Waals surface area contributed by atoms with E-state index < -0.39 is 11.4 Å². The van der Waals surface area contributed by atoms with E-state index >= 15 is 0 Å². The van der Waals surface area contributed by atoms with Gasteiger partial charge in [0.2, 0.25) is 0 Å². The average molecular weight is 312 g/mol. The van der Waals surface area contributed by atoms with Crippen LogP contribution in [0.3, 0.4) is 0 Å². The van der Waals surface area contributed by atoms with Gasteiger partial charge in [-0.2, -0.15) is 11.3 Å². The third kappa shape index (κ3) is 3.95. The molecule has 2 rings (SSSR count). The lowest BCUT2D eigenvalue weighted by atomic mass is 9.80. The van der Waals surface area contributed by atoms with E-state index in [1.807, 2.05) is 23.8 Å². The van der Waals surface area contributed by atoms with Gasteiger partial charge in [0.1, 0.15) is 0 Å². The Bertz CT molecular complexity index is 483. The van der Waals surface area contributed by atoms with Gasteiger partial charge in [0.05, 0.1) is 11.5 Å². The quantitative estimate of drug-likeness (QED) is 0.776. The molecule has 1 saturated heterocycles. The van der Waals surface area contributed by atoms with Crippen LogP contribution in [0.25, 0.3) is 0 Å². The summed E-state index contributed by atoms with van der Waals surface area (Å²) in [6, 6.07) is 1.50. The number of amides is 2. The number of hydrogen-bond donors (Lipinski definition) is 3. The van der Waals surface area contributed by atoms with Crippen molar-refractivity contribution in [3.05, 3.63) is 22.4 Å². The molecule has 0 aromatic carbocycles. The number of carbonyl (C=O) groups excluding carboxylic acids is 1. The molecule has 1 aliphatic rings. The Morgan fingerprint density at radius 2 is 2.19 bits per heavy atom. The first kappa shape index (κ1) is 15.8. The number of nitrogens with one attached hydrogen (secondary N) is 2. The Kier molecular flexibility index (Phi) is 5.19. The van der Waals surface area contributed by atoms with Crippen LogP contribution >= 0.6 is 11.3 Å². The van der Waals surface area contributed by atoms with Crippen molar-refractivity contribution in [1.82, 2.24) is 10.6 Å². The molecular weight excluding hydrogens is 292 g/mol. The second kappa shape index (κ2) is 6.91. The standard InChI is InChI=1S/C14H20N2O4S/c1-10(11-2-7-21-8-11)16-13(19)15-9-14(12(17)18)3-5-20-6-4-14/h2,7-8,10H,3-6,9H2,1H3,(H,17,18)(H2,15,16,19). The molecule has 1 fully saturated rings. The van der Waals surface area contributed by atoms with Gasteiger partial charge in [-0.05, 0) is 42.2 Å². The summed E-state index contributed by atoms with van der Waals surface area (Å²) in [5.41, 5.74) is 0.121. The van der Waals surface area contributed by atoms with Gasteiger partial charge in [0.15, 0.2) is 0 Å². The molecule has 0 saturated carbocycles. The summed E-state index contributed by atoms with van der Waals surface area (Å²) in [6.45, 7) is 2.85. The van der Waals surface area contributed by atoms with Crippen molar-refractivity contribution < 1.29 is 19.4 Å². The maximum Gasteiger partial charge on any atom is 0.315 e. The normalized spacial score (nSPS) is 18.7. The monoisotopic (exact) mass is 312 g/mol. The summed E-state index contributed by atoms with van der Waals surface area (Å²) >= 11 is 1.57. The zero-order chi connectivity index (χ0) is 15.3. The minimum absolute atomic E-state index is 0.105. The summed E-state index contributed by atoms with van der Waals surface area (Å²) in [4.78, 5) is 23.4. The fourth-order valence-electron chi connectivity index (χ4n) is 2.33. The van der Waals surface area contributed by atoms with Crippen LogP contribution in [0.2, 0.25) is 0 Å². The molecule has 2 amide bonds. The average Bonchev–Trinajstić information content (AvgIpc) is 3.00. The smallest absolute Gasteiger partial charge is 0.315 e. The highest BCUT2D eigenvalue weighted by Crippen LogP contribution is 2.30. The predicted molar refractivity (Wildman–Crippen MR) is 79.4 cm³/mol. The number of ether oxygens (including phenoxy) is 1. The number of carboxylic acid groups (broad SMARTS) is 1. The summed E-state index contributed by atoms with van der Waals surface area (Å²) in [5.74, 6) is -0.878. The zero-order valence-corrected chi connectivity index (χ0v) is 12.7. The van der Waals surface area contributed by atoms with Crippen LogP contribution in [0, 0.1) is 5.41 Å². The highest BCUT2D eigenvalue weighted by Gasteiger charge is 2.40. The maximum atomic E-state index is 11.9. The highest BCUT2D eigenvalue weighted by atomic mass is 32.1. The number of rotatable bonds is 5. The molecule has 6 nitrogen and oxygen atoms in total. The molecule has 1 aromatic rings. The molecular formula is C14H20N2O4S. The predicted octanol–water partition coefficient (Wildman–Crippen LogP) is 1.99. The van der Waals surface area contributed by atoms with Gasteiger partial charge in [0.25, 0.3) is 0 Å². The van der Waals surface area contributed by atoms with Crippen molar-refractivity contribution in [1.29, 1.82) is 0 Å². The van der Waals surface area contributed by atoms with Crippen LogP contribution in [0.4, 0.5) is 4.79 Å². The van der Waals surface area contributed by atoms with Crippen molar-refractivity contribution >= 4 is 23.3 Å². The second-order valence-electron chi connectivity index (χ2n) is 5.30. The van der Waals surface area contributed by atoms with Gasteiger partial charge in [-0.15, -0.1) is 0 Å². The fraction of sp³-hybridized carbons (Fsp3) is 0.571. The summed E-state index contributed by atoms with van der Waals surface area (Å²) in [5, 5.41) is 18.8. The Balaban J connectivity index is 1.86. The van der Waals surface area contributed by atoms with E-state index in [1.54, 1.807) is 11.3 Å². The third-order valence-corrected chi connectivity index (χ3v) is 4.58. The maximum absolute atomic E-state index is 11.9. The molecule has 21 heavy (non-hydrogen) atoms. The molecule has 7 heteroatoms. The zero-order valence-electron chi connectivity index (χ0n) is 11.9. The van der Waals surface area contributed by atoms with E-state index in [0.717, 1.165) is 5.56 Å². The largest absolute Gasteiger partial charge is 0.481 e. The number of thiophene rings is 1. The fourth-order valence-corrected chi connectivity index (χ4v) is 3.08. The molecule has 1 atom stereocenters. The van der Waals surface area contributed by atoms with Gasteiger partial charge < -0.3 is 20.5 Å². The number of aliphatic carboxylic acids is 1. The highest BCUT2D eigenvalue weighted by molar-refractivity contribution is 7.07. The van der Waals surface area contributed by atoms with Crippen molar-refractivity contribution in [3.8, 4) is 0 Å². The molecule has 0 radical (unpaired) electrons. The number of carboxylic acids is 1. The van der Waals surface area contributed by atoms with Gasteiger partial charge in [-0.1, -0.05) is 0 Å². The van der Waals surface area contributed by atoms with Crippen molar-refractivity contribution in [2.24, 2.45) is 5.41 Å².